The molecule has 26 heavy (non-hydrogen) atoms. The number of aliphatic hydroxyl groups is 1. The Morgan fingerprint density at radius 3 is 2.00 bits per heavy atom. The number of quaternary nitrogens is 1. The first-order valence-corrected chi connectivity index (χ1v) is 10.5. The molecule has 4 aliphatic rings. The van der Waals surface area contributed by atoms with Gasteiger partial charge < -0.3 is 31.5 Å². The minimum atomic E-state index is -1.23. The zero-order valence-electron chi connectivity index (χ0n) is 15.8. The molecule has 2 aliphatic carbocycles. The number of halogens is 1. The van der Waals surface area contributed by atoms with Crippen molar-refractivity contribution in [3.05, 3.63) is 0 Å². The number of ether oxygens (including phenoxy) is 2. The second-order valence-electron chi connectivity index (χ2n) is 8.91. The topological polar surface area (TPSA) is 55.8 Å². The molecule has 1 unspecified atom stereocenters. The van der Waals surface area contributed by atoms with Gasteiger partial charge in [0.05, 0.1) is 19.8 Å². The smallest absolute Gasteiger partial charge is 0.339 e. The fraction of sp³-hybridized carbons (Fsp3) is 0.950. The normalized spacial score (nSPS) is 29.8. The van der Waals surface area contributed by atoms with Crippen LogP contribution >= 0.6 is 0 Å². The number of nitrogens with zero attached hydrogens (tertiary/aromatic N) is 1. The van der Waals surface area contributed by atoms with Gasteiger partial charge in [-0.2, -0.15) is 0 Å². The molecule has 150 valence electrons. The highest BCUT2D eigenvalue weighted by atomic mass is 35.5. The molecule has 6 heteroatoms. The largest absolute Gasteiger partial charge is 1.00 e. The summed E-state index contributed by atoms with van der Waals surface area (Å²) in [7, 11) is 0. The van der Waals surface area contributed by atoms with E-state index in [1.165, 1.54) is 0 Å². The van der Waals surface area contributed by atoms with Crippen LogP contribution in [0.5, 0.6) is 0 Å². The average molecular weight is 388 g/mol. The summed E-state index contributed by atoms with van der Waals surface area (Å²) in [5, 5.41) is 11.5. The summed E-state index contributed by atoms with van der Waals surface area (Å²) in [6.07, 6.45) is 9.35. The standard InChI is InChI=1S/C20H34NO4.ClH/c22-19(25-18-9-10-21(15-18)11-13-24-14-12-21)20(23,16-5-1-2-6-16)17-7-3-4-8-17;/h16-18,23H,1-15H2;1H/q+1;/p-1. The van der Waals surface area contributed by atoms with E-state index in [-0.39, 0.29) is 36.3 Å². The molecule has 2 aliphatic heterocycles. The molecule has 2 saturated heterocycles. The number of esters is 1. The van der Waals surface area contributed by atoms with Gasteiger partial charge in [-0.1, -0.05) is 25.7 Å². The fourth-order valence-electron chi connectivity index (χ4n) is 5.91. The van der Waals surface area contributed by atoms with E-state index in [0.717, 1.165) is 102 Å². The Hall–Kier alpha value is -0.360. The van der Waals surface area contributed by atoms with E-state index in [2.05, 4.69) is 0 Å². The molecule has 5 nitrogen and oxygen atoms in total. The SMILES string of the molecule is O=C(OC1CC[N+]2(CCOCC2)C1)C(O)(C1CCCC1)C1CCCC1.[Cl-]. The summed E-state index contributed by atoms with van der Waals surface area (Å²) in [6.45, 7) is 5.67. The Morgan fingerprint density at radius 1 is 0.923 bits per heavy atom. The van der Waals surface area contributed by atoms with Gasteiger partial charge >= 0.3 is 5.97 Å². The molecule has 4 rings (SSSR count). The zero-order chi connectivity index (χ0) is 17.3. The van der Waals surface area contributed by atoms with Crippen LogP contribution in [0.4, 0.5) is 0 Å². The van der Waals surface area contributed by atoms with Crippen LogP contribution in [-0.4, -0.2) is 66.7 Å². The minimum Gasteiger partial charge on any atom is -1.00 e. The molecule has 0 bridgehead atoms. The molecule has 2 heterocycles. The van der Waals surface area contributed by atoms with Gasteiger partial charge in [0, 0.05) is 6.42 Å². The molecular weight excluding hydrogens is 354 g/mol. The Morgan fingerprint density at radius 2 is 1.46 bits per heavy atom. The fourth-order valence-corrected chi connectivity index (χ4v) is 5.91. The second-order valence-corrected chi connectivity index (χ2v) is 8.91. The van der Waals surface area contributed by atoms with Crippen molar-refractivity contribution in [3.63, 3.8) is 0 Å². The molecule has 0 aromatic rings. The van der Waals surface area contributed by atoms with Gasteiger partial charge in [-0.3, -0.25) is 0 Å². The maximum Gasteiger partial charge on any atom is 0.339 e. The Bertz CT molecular complexity index is 466. The van der Waals surface area contributed by atoms with Crippen molar-refractivity contribution in [1.29, 1.82) is 0 Å². The summed E-state index contributed by atoms with van der Waals surface area (Å²) in [6, 6.07) is 0. The number of hydrogen-bond donors (Lipinski definition) is 1. The molecule has 1 spiro atoms. The maximum absolute atomic E-state index is 13.2. The van der Waals surface area contributed by atoms with Crippen LogP contribution in [0.3, 0.4) is 0 Å². The van der Waals surface area contributed by atoms with Crippen LogP contribution in [0.2, 0.25) is 0 Å². The Balaban J connectivity index is 0.00000196. The van der Waals surface area contributed by atoms with E-state index in [1.807, 2.05) is 0 Å². The quantitative estimate of drug-likeness (QED) is 0.510. The Labute approximate surface area is 163 Å². The zero-order valence-corrected chi connectivity index (χ0v) is 16.6. The number of rotatable bonds is 4. The molecule has 0 amide bonds. The van der Waals surface area contributed by atoms with Crippen LogP contribution in [0, 0.1) is 11.8 Å². The lowest BCUT2D eigenvalue weighted by Gasteiger charge is -2.39. The van der Waals surface area contributed by atoms with Crippen LogP contribution in [0.25, 0.3) is 0 Å². The highest BCUT2D eigenvalue weighted by Gasteiger charge is 2.54. The monoisotopic (exact) mass is 387 g/mol. The lowest BCUT2D eigenvalue weighted by Crippen LogP contribution is -3.00. The molecular formula is C20H34ClNO4. The minimum absolute atomic E-state index is 0. The molecule has 0 aromatic heterocycles. The Kier molecular flexibility index (Phi) is 6.53. The molecule has 0 radical (unpaired) electrons. The van der Waals surface area contributed by atoms with E-state index in [1.54, 1.807) is 0 Å². The van der Waals surface area contributed by atoms with Gasteiger partial charge in [-0.25, -0.2) is 4.79 Å². The van der Waals surface area contributed by atoms with Crippen molar-refractivity contribution in [3.8, 4) is 0 Å². The molecule has 1 N–H and O–H groups in total. The van der Waals surface area contributed by atoms with Crippen molar-refractivity contribution < 1.29 is 36.3 Å². The van der Waals surface area contributed by atoms with E-state index in [4.69, 9.17) is 9.47 Å². The number of carbonyl (C=O) groups excluding carboxylic acids is 1. The summed E-state index contributed by atoms with van der Waals surface area (Å²) in [5.74, 6) is -0.0864. The average Bonchev–Trinajstić information content (AvgIpc) is 3.38. The third-order valence-electron chi connectivity index (χ3n) is 7.49. The summed E-state index contributed by atoms with van der Waals surface area (Å²) in [5.41, 5.74) is -1.23. The first-order valence-electron chi connectivity index (χ1n) is 10.5. The van der Waals surface area contributed by atoms with Crippen LogP contribution in [-0.2, 0) is 14.3 Å². The van der Waals surface area contributed by atoms with Crippen LogP contribution < -0.4 is 12.4 Å². The highest BCUT2D eigenvalue weighted by molar-refractivity contribution is 5.80. The van der Waals surface area contributed by atoms with E-state index < -0.39 is 5.60 Å². The van der Waals surface area contributed by atoms with Crippen molar-refractivity contribution in [2.45, 2.75) is 69.5 Å². The van der Waals surface area contributed by atoms with Gasteiger partial charge in [0.15, 0.2) is 11.7 Å². The van der Waals surface area contributed by atoms with Crippen molar-refractivity contribution >= 4 is 5.97 Å². The lowest BCUT2D eigenvalue weighted by atomic mass is 9.75. The highest BCUT2D eigenvalue weighted by Crippen LogP contribution is 2.45. The third kappa shape index (κ3) is 3.78. The van der Waals surface area contributed by atoms with Crippen LogP contribution in [0.15, 0.2) is 0 Å². The maximum atomic E-state index is 13.2. The van der Waals surface area contributed by atoms with Gasteiger partial charge in [0.25, 0.3) is 0 Å². The van der Waals surface area contributed by atoms with E-state index >= 15 is 0 Å². The lowest BCUT2D eigenvalue weighted by molar-refractivity contribution is -0.925. The van der Waals surface area contributed by atoms with Crippen molar-refractivity contribution in [1.82, 2.24) is 0 Å². The van der Waals surface area contributed by atoms with Crippen molar-refractivity contribution in [2.24, 2.45) is 11.8 Å². The molecule has 1 atom stereocenters. The van der Waals surface area contributed by atoms with E-state index in [9.17, 15) is 9.90 Å². The predicted molar refractivity (Wildman–Crippen MR) is 93.9 cm³/mol. The first kappa shape index (κ1) is 20.4. The van der Waals surface area contributed by atoms with Crippen LogP contribution in [0.1, 0.15) is 57.8 Å². The van der Waals surface area contributed by atoms with Gasteiger partial charge in [0.1, 0.15) is 19.6 Å². The van der Waals surface area contributed by atoms with Gasteiger partial charge in [-0.15, -0.1) is 0 Å². The summed E-state index contributed by atoms with van der Waals surface area (Å²) >= 11 is 0. The summed E-state index contributed by atoms with van der Waals surface area (Å²) < 4.78 is 12.5. The first-order chi connectivity index (χ1) is 12.1. The molecule has 0 aromatic carbocycles. The number of morpholine rings is 1. The molecule has 2 saturated carbocycles. The predicted octanol–water partition coefficient (Wildman–Crippen LogP) is -0.736. The second kappa shape index (κ2) is 8.34. The number of carbonyl (C=O) groups is 1. The molecule has 4 fully saturated rings. The van der Waals surface area contributed by atoms with Gasteiger partial charge in [-0.05, 0) is 37.5 Å². The summed E-state index contributed by atoms with van der Waals surface area (Å²) in [4.78, 5) is 13.2. The van der Waals surface area contributed by atoms with E-state index in [0.29, 0.717) is 0 Å². The third-order valence-corrected chi connectivity index (χ3v) is 7.49. The number of hydrogen-bond acceptors (Lipinski definition) is 4. The van der Waals surface area contributed by atoms with Crippen molar-refractivity contribution in [2.75, 3.05) is 39.4 Å². The van der Waals surface area contributed by atoms with Gasteiger partial charge in [0.2, 0.25) is 0 Å².